The van der Waals surface area contributed by atoms with Crippen LogP contribution in [-0.2, 0) is 19.6 Å². The number of aromatic nitrogens is 2. The van der Waals surface area contributed by atoms with Gasteiger partial charge in [-0.15, -0.1) is 5.10 Å². The Morgan fingerprint density at radius 1 is 1.15 bits per heavy atom. The van der Waals surface area contributed by atoms with Crippen molar-refractivity contribution in [1.82, 2.24) is 19.4 Å². The number of rotatable bonds is 6. The number of likely N-dealkylation sites (tertiary alicyclic amines) is 1. The third kappa shape index (κ3) is 5.01. The molecule has 0 bridgehead atoms. The lowest BCUT2D eigenvalue weighted by molar-refractivity contribution is -0.147. The maximum absolute atomic E-state index is 12.7. The van der Waals surface area contributed by atoms with Crippen molar-refractivity contribution in [3.8, 4) is 5.88 Å². The molecule has 3 rings (SSSR count). The molecule has 27 heavy (non-hydrogen) atoms. The van der Waals surface area contributed by atoms with E-state index < -0.39 is 10.0 Å². The minimum atomic E-state index is -3.59. The van der Waals surface area contributed by atoms with Crippen LogP contribution in [0.2, 0.25) is 0 Å². The van der Waals surface area contributed by atoms with E-state index in [1.807, 2.05) is 6.92 Å². The molecule has 1 atom stereocenters. The number of hydrogen-bond donors (Lipinski definition) is 0. The van der Waals surface area contributed by atoms with Gasteiger partial charge >= 0.3 is 0 Å². The summed E-state index contributed by atoms with van der Waals surface area (Å²) in [5, 5.41) is 7.88. The number of ether oxygens (including phenoxy) is 1. The Labute approximate surface area is 158 Å². The summed E-state index contributed by atoms with van der Waals surface area (Å²) in [5.41, 5.74) is 0.775. The van der Waals surface area contributed by atoms with Crippen LogP contribution >= 0.6 is 0 Å². The number of carbonyl (C=O) groups is 2. The van der Waals surface area contributed by atoms with Gasteiger partial charge in [0.15, 0.2) is 0 Å². The molecule has 0 aromatic carbocycles. The Hall–Kier alpha value is -2.07. The van der Waals surface area contributed by atoms with E-state index in [1.54, 1.807) is 12.1 Å². The number of carbonyl (C=O) groups excluding carboxylic acids is 2. The van der Waals surface area contributed by atoms with Gasteiger partial charge in [0.2, 0.25) is 27.7 Å². The summed E-state index contributed by atoms with van der Waals surface area (Å²) in [7, 11) is -3.59. The van der Waals surface area contributed by atoms with Crippen molar-refractivity contribution in [2.45, 2.75) is 45.1 Å². The van der Waals surface area contributed by atoms with Crippen molar-refractivity contribution in [2.75, 3.05) is 25.4 Å². The molecule has 1 aromatic rings. The predicted molar refractivity (Wildman–Crippen MR) is 96.3 cm³/mol. The molecule has 0 aliphatic carbocycles. The van der Waals surface area contributed by atoms with Gasteiger partial charge in [0, 0.05) is 32.0 Å². The van der Waals surface area contributed by atoms with Gasteiger partial charge in [-0.25, -0.2) is 8.42 Å². The summed E-state index contributed by atoms with van der Waals surface area (Å²) in [6, 6.07) is 3.50. The highest BCUT2D eigenvalue weighted by molar-refractivity contribution is 7.89. The summed E-state index contributed by atoms with van der Waals surface area (Å²) < 4.78 is 32.5. The van der Waals surface area contributed by atoms with E-state index in [9.17, 15) is 18.0 Å². The maximum atomic E-state index is 12.7. The molecule has 3 heterocycles. The van der Waals surface area contributed by atoms with Crippen LogP contribution in [0.5, 0.6) is 5.88 Å². The first-order valence-corrected chi connectivity index (χ1v) is 10.7. The van der Waals surface area contributed by atoms with Crippen molar-refractivity contribution in [1.29, 1.82) is 0 Å². The van der Waals surface area contributed by atoms with E-state index >= 15 is 0 Å². The number of nitrogens with zero attached hydrogens (tertiary/aromatic N) is 4. The van der Waals surface area contributed by atoms with Crippen LogP contribution in [0.1, 0.15) is 37.8 Å². The highest BCUT2D eigenvalue weighted by Crippen LogP contribution is 2.20. The Kier molecular flexibility index (Phi) is 6.05. The number of sulfonamides is 1. The zero-order valence-electron chi connectivity index (χ0n) is 15.3. The summed E-state index contributed by atoms with van der Waals surface area (Å²) in [6.07, 6.45) is 2.22. The van der Waals surface area contributed by atoms with Crippen LogP contribution in [0.4, 0.5) is 0 Å². The molecular formula is C17H24N4O5S. The van der Waals surface area contributed by atoms with Crippen LogP contribution in [-0.4, -0.2) is 71.1 Å². The molecule has 10 heteroatoms. The second kappa shape index (κ2) is 8.30. The molecule has 2 aliphatic rings. The van der Waals surface area contributed by atoms with Crippen molar-refractivity contribution in [3.05, 3.63) is 17.8 Å². The Balaban J connectivity index is 1.58. The summed E-state index contributed by atoms with van der Waals surface area (Å²) >= 11 is 0. The molecule has 0 radical (unpaired) electrons. The van der Waals surface area contributed by atoms with Gasteiger partial charge < -0.3 is 4.74 Å². The number of piperidine rings is 2. The zero-order valence-corrected chi connectivity index (χ0v) is 16.2. The predicted octanol–water partition coefficient (Wildman–Crippen LogP) is 0.497. The first-order valence-electron chi connectivity index (χ1n) is 9.13. The van der Waals surface area contributed by atoms with Crippen molar-refractivity contribution < 1.29 is 22.7 Å². The topological polar surface area (TPSA) is 110 Å². The normalized spacial score (nSPS) is 22.1. The number of amides is 2. The summed E-state index contributed by atoms with van der Waals surface area (Å²) in [4.78, 5) is 24.8. The number of imide groups is 1. The Morgan fingerprint density at radius 3 is 2.56 bits per heavy atom. The average molecular weight is 396 g/mol. The number of aryl methyl sites for hydroxylation is 1. The lowest BCUT2D eigenvalue weighted by Crippen LogP contribution is -2.48. The minimum absolute atomic E-state index is 0.0918. The van der Waals surface area contributed by atoms with Crippen molar-refractivity contribution in [2.24, 2.45) is 0 Å². The Bertz CT molecular complexity index is 780. The van der Waals surface area contributed by atoms with Crippen LogP contribution < -0.4 is 4.74 Å². The van der Waals surface area contributed by atoms with Gasteiger partial charge in [0.05, 0.1) is 18.0 Å². The molecule has 2 fully saturated rings. The van der Waals surface area contributed by atoms with Gasteiger partial charge in [-0.2, -0.15) is 9.40 Å². The summed E-state index contributed by atoms with van der Waals surface area (Å²) in [6.45, 7) is 2.36. The van der Waals surface area contributed by atoms with Crippen molar-refractivity contribution in [3.63, 3.8) is 0 Å². The fourth-order valence-electron chi connectivity index (χ4n) is 3.26. The molecule has 148 valence electrons. The van der Waals surface area contributed by atoms with Gasteiger partial charge in [0.1, 0.15) is 6.10 Å². The number of hydrogen-bond acceptors (Lipinski definition) is 7. The van der Waals surface area contributed by atoms with E-state index in [0.717, 1.165) is 17.0 Å². The Morgan fingerprint density at radius 2 is 1.89 bits per heavy atom. The highest BCUT2D eigenvalue weighted by atomic mass is 32.2. The second-order valence-electron chi connectivity index (χ2n) is 6.86. The standard InChI is InChI=1S/C17H24N4O5S/c1-13-7-8-15(19-18-13)26-14-4-3-9-20(12-14)27(24,25)11-10-21-16(22)5-2-6-17(21)23/h7-8,14H,2-6,9-12H2,1H3. The van der Waals surface area contributed by atoms with E-state index in [4.69, 9.17) is 4.74 Å². The first-order chi connectivity index (χ1) is 12.8. The van der Waals surface area contributed by atoms with Gasteiger partial charge in [-0.3, -0.25) is 14.5 Å². The third-order valence-corrected chi connectivity index (χ3v) is 6.57. The lowest BCUT2D eigenvalue weighted by Gasteiger charge is -2.32. The molecular weight excluding hydrogens is 372 g/mol. The SMILES string of the molecule is Cc1ccc(OC2CCCN(S(=O)(=O)CCN3C(=O)CCCC3=O)C2)nn1. The quantitative estimate of drug-likeness (QED) is 0.644. The van der Waals surface area contributed by atoms with E-state index in [0.29, 0.717) is 38.1 Å². The molecule has 1 unspecified atom stereocenters. The fourth-order valence-corrected chi connectivity index (χ4v) is 4.73. The van der Waals surface area contributed by atoms with Crippen LogP contribution in [0.3, 0.4) is 0 Å². The molecule has 9 nitrogen and oxygen atoms in total. The van der Waals surface area contributed by atoms with Gasteiger partial charge in [0.25, 0.3) is 0 Å². The highest BCUT2D eigenvalue weighted by Gasteiger charge is 2.32. The largest absolute Gasteiger partial charge is 0.472 e. The van der Waals surface area contributed by atoms with Crippen molar-refractivity contribution >= 4 is 21.8 Å². The lowest BCUT2D eigenvalue weighted by atomic mass is 10.1. The molecule has 0 spiro atoms. The fraction of sp³-hybridized carbons (Fsp3) is 0.647. The van der Waals surface area contributed by atoms with Gasteiger partial charge in [-0.1, -0.05) is 0 Å². The van der Waals surface area contributed by atoms with Gasteiger partial charge in [-0.05, 0) is 32.3 Å². The van der Waals surface area contributed by atoms with E-state index in [-0.39, 0.29) is 36.8 Å². The smallest absolute Gasteiger partial charge is 0.233 e. The molecule has 2 amide bonds. The molecule has 0 N–H and O–H groups in total. The first kappa shape index (κ1) is 19.7. The third-order valence-electron chi connectivity index (χ3n) is 4.75. The summed E-state index contributed by atoms with van der Waals surface area (Å²) in [5.74, 6) is -0.477. The van der Waals surface area contributed by atoms with Crippen LogP contribution in [0.25, 0.3) is 0 Å². The monoisotopic (exact) mass is 396 g/mol. The van der Waals surface area contributed by atoms with E-state index in [1.165, 1.54) is 4.31 Å². The maximum Gasteiger partial charge on any atom is 0.233 e. The average Bonchev–Trinajstić information content (AvgIpc) is 2.63. The van der Waals surface area contributed by atoms with Crippen LogP contribution in [0.15, 0.2) is 12.1 Å². The molecule has 2 aliphatic heterocycles. The molecule has 2 saturated heterocycles. The zero-order chi connectivity index (χ0) is 19.4. The molecule has 1 aromatic heterocycles. The minimum Gasteiger partial charge on any atom is -0.472 e. The van der Waals surface area contributed by atoms with E-state index in [2.05, 4.69) is 10.2 Å². The van der Waals surface area contributed by atoms with Crippen LogP contribution in [0, 0.1) is 6.92 Å². The molecule has 0 saturated carbocycles. The second-order valence-corrected chi connectivity index (χ2v) is 8.95.